The van der Waals surface area contributed by atoms with Crippen LogP contribution in [0.3, 0.4) is 0 Å². The number of carbonyl (C=O) groups excluding carboxylic acids is 1. The maximum absolute atomic E-state index is 12.4. The summed E-state index contributed by atoms with van der Waals surface area (Å²) >= 11 is 0. The van der Waals surface area contributed by atoms with Gasteiger partial charge in [0.05, 0.1) is 12.3 Å². The molecule has 0 aromatic carbocycles. The third-order valence-electron chi connectivity index (χ3n) is 4.45. The molecule has 0 saturated heterocycles. The first-order valence-electron chi connectivity index (χ1n) is 6.97. The quantitative estimate of drug-likeness (QED) is 0.826. The Morgan fingerprint density at radius 2 is 2.35 bits per heavy atom. The van der Waals surface area contributed by atoms with Gasteiger partial charge in [0.25, 0.3) is 0 Å². The van der Waals surface area contributed by atoms with Gasteiger partial charge in [0.2, 0.25) is 5.91 Å². The summed E-state index contributed by atoms with van der Waals surface area (Å²) in [6.45, 7) is 7.01. The fourth-order valence-corrected chi connectivity index (χ4v) is 2.72. The van der Waals surface area contributed by atoms with E-state index < -0.39 is 5.54 Å². The van der Waals surface area contributed by atoms with Gasteiger partial charge in [-0.25, -0.2) is 0 Å². The highest BCUT2D eigenvalue weighted by atomic mass is 16.5. The van der Waals surface area contributed by atoms with E-state index in [1.54, 1.807) is 10.9 Å². The summed E-state index contributed by atoms with van der Waals surface area (Å²) in [5.41, 5.74) is 6.04. The van der Waals surface area contributed by atoms with Crippen LogP contribution in [-0.4, -0.2) is 33.9 Å². The number of aryl methyl sites for hydroxylation is 1. The van der Waals surface area contributed by atoms with Crippen LogP contribution >= 0.6 is 0 Å². The maximum Gasteiger partial charge on any atom is 0.241 e. The van der Waals surface area contributed by atoms with Crippen LogP contribution in [0.25, 0.3) is 0 Å². The highest BCUT2D eigenvalue weighted by Crippen LogP contribution is 2.49. The molecule has 0 aliphatic heterocycles. The van der Waals surface area contributed by atoms with E-state index in [1.165, 1.54) is 0 Å². The van der Waals surface area contributed by atoms with Crippen LogP contribution in [0.1, 0.15) is 32.8 Å². The lowest BCUT2D eigenvalue weighted by Crippen LogP contribution is -2.75. The molecular formula is C14H24N4O2. The molecule has 1 aromatic rings. The van der Waals surface area contributed by atoms with E-state index in [1.807, 2.05) is 34.0 Å². The summed E-state index contributed by atoms with van der Waals surface area (Å²) in [7, 11) is 1.84. The largest absolute Gasteiger partial charge is 0.378 e. The molecular weight excluding hydrogens is 256 g/mol. The van der Waals surface area contributed by atoms with Gasteiger partial charge in [-0.3, -0.25) is 9.48 Å². The summed E-state index contributed by atoms with van der Waals surface area (Å²) in [6.07, 6.45) is 4.21. The first kappa shape index (κ1) is 15.0. The first-order chi connectivity index (χ1) is 9.31. The van der Waals surface area contributed by atoms with Crippen molar-refractivity contribution in [2.24, 2.45) is 18.2 Å². The summed E-state index contributed by atoms with van der Waals surface area (Å²) in [4.78, 5) is 12.4. The van der Waals surface area contributed by atoms with Crippen LogP contribution in [0.15, 0.2) is 12.4 Å². The molecule has 2 unspecified atom stereocenters. The normalized spacial score (nSPS) is 27.9. The molecule has 0 radical (unpaired) electrons. The molecule has 1 aliphatic carbocycles. The summed E-state index contributed by atoms with van der Waals surface area (Å²) in [6, 6.07) is 0. The topological polar surface area (TPSA) is 82.2 Å². The number of amides is 1. The number of hydrogen-bond acceptors (Lipinski definition) is 4. The highest BCUT2D eigenvalue weighted by Gasteiger charge is 2.62. The average molecular weight is 280 g/mol. The van der Waals surface area contributed by atoms with E-state index in [9.17, 15) is 4.79 Å². The molecule has 0 spiro atoms. The van der Waals surface area contributed by atoms with E-state index in [-0.39, 0.29) is 17.4 Å². The van der Waals surface area contributed by atoms with E-state index in [4.69, 9.17) is 10.5 Å². The van der Waals surface area contributed by atoms with Crippen LogP contribution in [0, 0.1) is 5.41 Å². The Bertz CT molecular complexity index is 497. The second-order valence-electron chi connectivity index (χ2n) is 6.05. The fraction of sp³-hybridized carbons (Fsp3) is 0.714. The van der Waals surface area contributed by atoms with Crippen molar-refractivity contribution < 1.29 is 9.53 Å². The standard InChI is InChI=1S/C14H24N4O2/c1-5-20-11-6-14(15,13(11,2)3)12(19)16-7-10-8-17-18(4)9-10/h8-9,11H,5-7,15H2,1-4H3,(H,16,19). The van der Waals surface area contributed by atoms with Gasteiger partial charge in [0, 0.05) is 43.8 Å². The SMILES string of the molecule is CCOC1CC(N)(C(=O)NCc2cnn(C)c2)C1(C)C. The second kappa shape index (κ2) is 5.18. The minimum absolute atomic E-state index is 0.0432. The van der Waals surface area contributed by atoms with Crippen molar-refractivity contribution in [1.82, 2.24) is 15.1 Å². The number of nitrogens with two attached hydrogens (primary N) is 1. The monoisotopic (exact) mass is 280 g/mol. The lowest BCUT2D eigenvalue weighted by atomic mass is 9.54. The summed E-state index contributed by atoms with van der Waals surface area (Å²) in [5.74, 6) is -0.123. The lowest BCUT2D eigenvalue weighted by Gasteiger charge is -2.57. The van der Waals surface area contributed by atoms with E-state index in [0.29, 0.717) is 19.6 Å². The molecule has 1 aliphatic rings. The molecule has 0 bridgehead atoms. The van der Waals surface area contributed by atoms with Gasteiger partial charge in [-0.1, -0.05) is 13.8 Å². The zero-order valence-electron chi connectivity index (χ0n) is 12.6. The van der Waals surface area contributed by atoms with Crippen molar-refractivity contribution in [1.29, 1.82) is 0 Å². The van der Waals surface area contributed by atoms with Gasteiger partial charge in [0.15, 0.2) is 0 Å². The van der Waals surface area contributed by atoms with Crippen LogP contribution < -0.4 is 11.1 Å². The van der Waals surface area contributed by atoms with Gasteiger partial charge in [-0.05, 0) is 6.92 Å². The number of carbonyl (C=O) groups is 1. The molecule has 112 valence electrons. The molecule has 1 saturated carbocycles. The third kappa shape index (κ3) is 2.33. The number of hydrogen-bond donors (Lipinski definition) is 2. The summed E-state index contributed by atoms with van der Waals surface area (Å²) < 4.78 is 7.34. The van der Waals surface area contributed by atoms with E-state index in [0.717, 1.165) is 5.56 Å². The van der Waals surface area contributed by atoms with E-state index in [2.05, 4.69) is 10.4 Å². The molecule has 3 N–H and O–H groups in total. The molecule has 6 nitrogen and oxygen atoms in total. The molecule has 1 amide bonds. The van der Waals surface area contributed by atoms with Crippen LogP contribution in [0.2, 0.25) is 0 Å². The van der Waals surface area contributed by atoms with E-state index >= 15 is 0 Å². The number of ether oxygens (including phenoxy) is 1. The van der Waals surface area contributed by atoms with Crippen LogP contribution in [0.5, 0.6) is 0 Å². The third-order valence-corrected chi connectivity index (χ3v) is 4.45. The van der Waals surface area contributed by atoms with Gasteiger partial charge >= 0.3 is 0 Å². The maximum atomic E-state index is 12.4. The molecule has 2 atom stereocenters. The minimum Gasteiger partial charge on any atom is -0.378 e. The van der Waals surface area contributed by atoms with Crippen molar-refractivity contribution in [2.45, 2.75) is 45.4 Å². The van der Waals surface area contributed by atoms with Gasteiger partial charge in [-0.15, -0.1) is 0 Å². The van der Waals surface area contributed by atoms with Crippen molar-refractivity contribution in [2.75, 3.05) is 6.61 Å². The van der Waals surface area contributed by atoms with Crippen molar-refractivity contribution >= 4 is 5.91 Å². The smallest absolute Gasteiger partial charge is 0.241 e. The van der Waals surface area contributed by atoms with Crippen molar-refractivity contribution in [3.63, 3.8) is 0 Å². The van der Waals surface area contributed by atoms with Crippen molar-refractivity contribution in [3.05, 3.63) is 18.0 Å². The van der Waals surface area contributed by atoms with Gasteiger partial charge in [-0.2, -0.15) is 5.10 Å². The Morgan fingerprint density at radius 3 is 2.85 bits per heavy atom. The molecule has 1 aromatic heterocycles. The molecule has 6 heteroatoms. The Kier molecular flexibility index (Phi) is 3.88. The molecule has 1 fully saturated rings. The van der Waals surface area contributed by atoms with Crippen LogP contribution in [-0.2, 0) is 23.1 Å². The minimum atomic E-state index is -0.866. The Balaban J connectivity index is 1.95. The zero-order valence-corrected chi connectivity index (χ0v) is 12.6. The lowest BCUT2D eigenvalue weighted by molar-refractivity contribution is -0.170. The first-order valence-corrected chi connectivity index (χ1v) is 6.97. The van der Waals surface area contributed by atoms with Gasteiger partial charge < -0.3 is 15.8 Å². The molecule has 2 rings (SSSR count). The Morgan fingerprint density at radius 1 is 1.65 bits per heavy atom. The van der Waals surface area contributed by atoms with Crippen LogP contribution in [0.4, 0.5) is 0 Å². The number of aromatic nitrogens is 2. The number of rotatable bonds is 5. The van der Waals surface area contributed by atoms with Gasteiger partial charge in [0.1, 0.15) is 5.54 Å². The highest BCUT2D eigenvalue weighted by molar-refractivity contribution is 5.88. The average Bonchev–Trinajstić information content (AvgIpc) is 2.81. The van der Waals surface area contributed by atoms with Crippen molar-refractivity contribution in [3.8, 4) is 0 Å². The Hall–Kier alpha value is -1.40. The predicted octanol–water partition coefficient (Wildman–Crippen LogP) is 0.569. The summed E-state index contributed by atoms with van der Waals surface area (Å²) in [5, 5.41) is 6.97. The zero-order chi connectivity index (χ0) is 15.0. The molecule has 1 heterocycles. The number of nitrogens with one attached hydrogen (secondary N) is 1. The fourth-order valence-electron chi connectivity index (χ4n) is 2.72. The Labute approximate surface area is 119 Å². The predicted molar refractivity (Wildman–Crippen MR) is 75.8 cm³/mol. The molecule has 20 heavy (non-hydrogen) atoms. The second-order valence-corrected chi connectivity index (χ2v) is 6.05. The number of nitrogens with zero attached hydrogens (tertiary/aromatic N) is 2.